The first kappa shape index (κ1) is 11.3. The number of carbonyl (C=O) groups is 1. The molecule has 0 spiro atoms. The van der Waals surface area contributed by atoms with Gasteiger partial charge in [0.2, 0.25) is 0 Å². The number of aliphatic carboxylic acids is 1. The second-order valence-corrected chi connectivity index (χ2v) is 3.28. The molecule has 0 fully saturated rings. The lowest BCUT2D eigenvalue weighted by Crippen LogP contribution is -1.92. The molecule has 2 N–H and O–H groups in total. The molecule has 1 aromatic carbocycles. The van der Waals surface area contributed by atoms with Gasteiger partial charge in [-0.1, -0.05) is 24.3 Å². The van der Waals surface area contributed by atoms with E-state index in [-0.39, 0.29) is 12.2 Å². The number of unbranched alkanes of at least 4 members (excludes halogenated alkanes) is 1. The highest BCUT2D eigenvalue weighted by molar-refractivity contribution is 5.66. The van der Waals surface area contributed by atoms with Crippen LogP contribution >= 0.6 is 0 Å². The SMILES string of the molecule is O=C(O)CCC/C=C/c1ccc(O)cc1. The Morgan fingerprint density at radius 2 is 1.93 bits per heavy atom. The van der Waals surface area contributed by atoms with Crippen LogP contribution in [0.4, 0.5) is 0 Å². The minimum atomic E-state index is -0.756. The molecule has 0 atom stereocenters. The third-order valence-electron chi connectivity index (χ3n) is 1.96. The van der Waals surface area contributed by atoms with E-state index in [1.807, 2.05) is 24.3 Å². The van der Waals surface area contributed by atoms with Gasteiger partial charge in [0.1, 0.15) is 5.75 Å². The molecule has 0 bridgehead atoms. The van der Waals surface area contributed by atoms with Gasteiger partial charge in [-0.05, 0) is 30.5 Å². The first-order chi connectivity index (χ1) is 7.18. The Morgan fingerprint density at radius 1 is 1.27 bits per heavy atom. The molecule has 0 unspecified atom stereocenters. The predicted octanol–water partition coefficient (Wildman–Crippen LogP) is 2.66. The van der Waals surface area contributed by atoms with Crippen LogP contribution in [0.3, 0.4) is 0 Å². The molecule has 3 nitrogen and oxygen atoms in total. The van der Waals surface area contributed by atoms with Gasteiger partial charge in [0.25, 0.3) is 0 Å². The number of allylic oxidation sites excluding steroid dienone is 1. The fourth-order valence-electron chi connectivity index (χ4n) is 1.18. The van der Waals surface area contributed by atoms with Crippen LogP contribution in [0, 0.1) is 0 Å². The lowest BCUT2D eigenvalue weighted by atomic mass is 10.1. The van der Waals surface area contributed by atoms with Crippen LogP contribution in [0.2, 0.25) is 0 Å². The fourth-order valence-corrected chi connectivity index (χ4v) is 1.18. The van der Waals surface area contributed by atoms with Crippen LogP contribution < -0.4 is 0 Å². The smallest absolute Gasteiger partial charge is 0.303 e. The van der Waals surface area contributed by atoms with Crippen LogP contribution in [0.1, 0.15) is 24.8 Å². The Hall–Kier alpha value is -1.77. The lowest BCUT2D eigenvalue weighted by Gasteiger charge is -1.94. The summed E-state index contributed by atoms with van der Waals surface area (Å²) in [5.74, 6) is -0.508. The van der Waals surface area contributed by atoms with Crippen molar-refractivity contribution in [1.29, 1.82) is 0 Å². The topological polar surface area (TPSA) is 57.5 Å². The maximum atomic E-state index is 10.2. The molecule has 3 heteroatoms. The molecule has 0 aliphatic carbocycles. The van der Waals surface area contributed by atoms with Gasteiger partial charge >= 0.3 is 5.97 Å². The summed E-state index contributed by atoms with van der Waals surface area (Å²) in [5, 5.41) is 17.4. The Morgan fingerprint density at radius 3 is 2.53 bits per heavy atom. The minimum absolute atomic E-state index is 0.208. The van der Waals surface area contributed by atoms with Gasteiger partial charge in [-0.3, -0.25) is 4.79 Å². The molecular formula is C12H14O3. The number of aromatic hydroxyl groups is 1. The highest BCUT2D eigenvalue weighted by atomic mass is 16.4. The summed E-state index contributed by atoms with van der Waals surface area (Å²) in [5.41, 5.74) is 1.00. The standard InChI is InChI=1S/C12H14O3/c13-11-8-6-10(7-9-11)4-2-1-3-5-12(14)15/h2,4,6-9,13H,1,3,5H2,(H,14,15)/b4-2+. The maximum absolute atomic E-state index is 10.2. The summed E-state index contributed by atoms with van der Waals surface area (Å²) in [7, 11) is 0. The van der Waals surface area contributed by atoms with Gasteiger partial charge in [-0.25, -0.2) is 0 Å². The first-order valence-electron chi connectivity index (χ1n) is 4.86. The average molecular weight is 206 g/mol. The van der Waals surface area contributed by atoms with Crippen LogP contribution in [0.15, 0.2) is 30.3 Å². The quantitative estimate of drug-likeness (QED) is 0.728. The summed E-state index contributed by atoms with van der Waals surface area (Å²) in [4.78, 5) is 10.2. The van der Waals surface area contributed by atoms with Crippen molar-refractivity contribution < 1.29 is 15.0 Å². The molecule has 15 heavy (non-hydrogen) atoms. The zero-order valence-corrected chi connectivity index (χ0v) is 8.39. The van der Waals surface area contributed by atoms with Crippen molar-refractivity contribution in [3.05, 3.63) is 35.9 Å². The number of rotatable bonds is 5. The zero-order valence-electron chi connectivity index (χ0n) is 8.39. The Balaban J connectivity index is 2.32. The molecule has 0 aromatic heterocycles. The van der Waals surface area contributed by atoms with E-state index >= 15 is 0 Å². The van der Waals surface area contributed by atoms with E-state index in [1.165, 1.54) is 0 Å². The molecule has 0 aliphatic rings. The predicted molar refractivity (Wildman–Crippen MR) is 58.6 cm³/mol. The molecule has 0 saturated heterocycles. The van der Waals surface area contributed by atoms with E-state index in [4.69, 9.17) is 10.2 Å². The number of carboxylic acids is 1. The van der Waals surface area contributed by atoms with Crippen LogP contribution in [0.5, 0.6) is 5.75 Å². The van der Waals surface area contributed by atoms with Crippen molar-refractivity contribution in [3.63, 3.8) is 0 Å². The zero-order chi connectivity index (χ0) is 11.1. The number of carboxylic acid groups (broad SMARTS) is 1. The number of phenols is 1. The number of benzene rings is 1. The summed E-state index contributed by atoms with van der Waals surface area (Å²) in [6.45, 7) is 0. The maximum Gasteiger partial charge on any atom is 0.303 e. The average Bonchev–Trinajstić information content (AvgIpc) is 2.20. The minimum Gasteiger partial charge on any atom is -0.508 e. The monoisotopic (exact) mass is 206 g/mol. The molecule has 0 aliphatic heterocycles. The molecule has 1 aromatic rings. The Labute approximate surface area is 88.7 Å². The molecule has 0 amide bonds. The van der Waals surface area contributed by atoms with Crippen LogP contribution in [-0.4, -0.2) is 16.2 Å². The molecule has 0 heterocycles. The lowest BCUT2D eigenvalue weighted by molar-refractivity contribution is -0.137. The second kappa shape index (κ2) is 5.86. The highest BCUT2D eigenvalue weighted by Crippen LogP contribution is 2.11. The van der Waals surface area contributed by atoms with Gasteiger partial charge in [0.05, 0.1) is 0 Å². The Bertz CT molecular complexity index is 338. The molecule has 1 rings (SSSR count). The van der Waals surface area contributed by atoms with Crippen molar-refractivity contribution in [3.8, 4) is 5.75 Å². The van der Waals surface area contributed by atoms with Gasteiger partial charge in [-0.15, -0.1) is 0 Å². The van der Waals surface area contributed by atoms with E-state index in [0.29, 0.717) is 6.42 Å². The second-order valence-electron chi connectivity index (χ2n) is 3.28. The highest BCUT2D eigenvalue weighted by Gasteiger charge is 1.93. The van der Waals surface area contributed by atoms with Crippen molar-refractivity contribution in [2.45, 2.75) is 19.3 Å². The first-order valence-corrected chi connectivity index (χ1v) is 4.86. The van der Waals surface area contributed by atoms with Crippen molar-refractivity contribution in [2.75, 3.05) is 0 Å². The third-order valence-corrected chi connectivity index (χ3v) is 1.96. The fraction of sp³-hybridized carbons (Fsp3) is 0.250. The summed E-state index contributed by atoms with van der Waals surface area (Å²) in [6.07, 6.45) is 5.48. The van der Waals surface area contributed by atoms with Gasteiger partial charge in [0.15, 0.2) is 0 Å². The number of hydrogen-bond acceptors (Lipinski definition) is 2. The third kappa shape index (κ3) is 4.86. The summed E-state index contributed by atoms with van der Waals surface area (Å²) < 4.78 is 0. The van der Waals surface area contributed by atoms with Crippen LogP contribution in [-0.2, 0) is 4.79 Å². The molecule has 80 valence electrons. The van der Waals surface area contributed by atoms with Crippen molar-refractivity contribution in [1.82, 2.24) is 0 Å². The number of hydrogen-bond donors (Lipinski definition) is 2. The summed E-state index contributed by atoms with van der Waals surface area (Å²) in [6, 6.07) is 6.86. The van der Waals surface area contributed by atoms with Crippen molar-refractivity contribution in [2.24, 2.45) is 0 Å². The van der Waals surface area contributed by atoms with E-state index in [9.17, 15) is 4.79 Å². The molecular weight excluding hydrogens is 192 g/mol. The van der Waals surface area contributed by atoms with E-state index < -0.39 is 5.97 Å². The summed E-state index contributed by atoms with van der Waals surface area (Å²) >= 11 is 0. The van der Waals surface area contributed by atoms with E-state index in [1.54, 1.807) is 12.1 Å². The number of phenolic OH excluding ortho intramolecular Hbond substituents is 1. The van der Waals surface area contributed by atoms with Gasteiger partial charge in [-0.2, -0.15) is 0 Å². The van der Waals surface area contributed by atoms with Crippen LogP contribution in [0.25, 0.3) is 6.08 Å². The normalized spacial score (nSPS) is 10.7. The van der Waals surface area contributed by atoms with Gasteiger partial charge in [0, 0.05) is 6.42 Å². The van der Waals surface area contributed by atoms with E-state index in [0.717, 1.165) is 12.0 Å². The van der Waals surface area contributed by atoms with E-state index in [2.05, 4.69) is 0 Å². The molecule has 0 radical (unpaired) electrons. The van der Waals surface area contributed by atoms with Gasteiger partial charge < -0.3 is 10.2 Å². The molecule has 0 saturated carbocycles. The largest absolute Gasteiger partial charge is 0.508 e. The Kier molecular flexibility index (Phi) is 4.41. The van der Waals surface area contributed by atoms with Crippen molar-refractivity contribution >= 4 is 12.0 Å².